The number of esters is 2. The second-order valence-electron chi connectivity index (χ2n) is 11.7. The summed E-state index contributed by atoms with van der Waals surface area (Å²) in [7, 11) is 3.77. The molecule has 39 heavy (non-hydrogen) atoms. The number of nitrogens with one attached hydrogen (secondary N) is 1. The summed E-state index contributed by atoms with van der Waals surface area (Å²) in [6.45, 7) is 9.63. The van der Waals surface area contributed by atoms with Gasteiger partial charge < -0.3 is 29.2 Å². The zero-order chi connectivity index (χ0) is 28.3. The molecule has 3 aliphatic rings. The SMILES string of the molecule is COc1ccc2c3c1OC1C[C@@H](OC(=O)CCC(=O)N[C@H](C(=O)OCC(C)C)C(C)C)C=C[C@@]31CCN(C)C2. The lowest BCUT2D eigenvalue weighted by molar-refractivity contribution is -0.151. The van der Waals surface area contributed by atoms with E-state index in [0.29, 0.717) is 18.8 Å². The average molecular weight is 543 g/mol. The van der Waals surface area contributed by atoms with Crippen molar-refractivity contribution in [2.75, 3.05) is 27.3 Å². The Labute approximate surface area is 231 Å². The van der Waals surface area contributed by atoms with Gasteiger partial charge in [0.05, 0.1) is 25.6 Å². The summed E-state index contributed by atoms with van der Waals surface area (Å²) in [5.74, 6) is 0.253. The molecule has 1 aromatic carbocycles. The summed E-state index contributed by atoms with van der Waals surface area (Å²) in [6, 6.07) is 3.32. The zero-order valence-electron chi connectivity index (χ0n) is 24.0. The first kappa shape index (κ1) is 28.9. The minimum absolute atomic E-state index is 0.0713. The van der Waals surface area contributed by atoms with E-state index in [0.717, 1.165) is 25.3 Å². The van der Waals surface area contributed by atoms with E-state index in [-0.39, 0.29) is 42.1 Å². The number of nitrogens with zero attached hydrogens (tertiary/aromatic N) is 1. The summed E-state index contributed by atoms with van der Waals surface area (Å²) >= 11 is 0. The van der Waals surface area contributed by atoms with Gasteiger partial charge in [-0.2, -0.15) is 0 Å². The van der Waals surface area contributed by atoms with Crippen LogP contribution in [0, 0.1) is 11.8 Å². The molecule has 214 valence electrons. The van der Waals surface area contributed by atoms with Gasteiger partial charge in [-0.1, -0.05) is 39.8 Å². The fourth-order valence-corrected chi connectivity index (χ4v) is 5.68. The molecular weight excluding hydrogens is 500 g/mol. The molecular formula is C30H42N2O7. The Morgan fingerprint density at radius 3 is 2.64 bits per heavy atom. The molecule has 2 heterocycles. The van der Waals surface area contributed by atoms with Crippen molar-refractivity contribution in [1.29, 1.82) is 0 Å². The second-order valence-corrected chi connectivity index (χ2v) is 11.7. The molecule has 0 radical (unpaired) electrons. The number of benzene rings is 1. The molecule has 0 aromatic heterocycles. The molecule has 1 spiro atoms. The topological polar surface area (TPSA) is 103 Å². The van der Waals surface area contributed by atoms with Gasteiger partial charge >= 0.3 is 11.9 Å². The third kappa shape index (κ3) is 6.24. The van der Waals surface area contributed by atoms with E-state index >= 15 is 0 Å². The lowest BCUT2D eigenvalue weighted by Gasteiger charge is -2.36. The highest BCUT2D eigenvalue weighted by atomic mass is 16.6. The first-order chi connectivity index (χ1) is 18.5. The molecule has 1 aliphatic carbocycles. The highest BCUT2D eigenvalue weighted by molar-refractivity contribution is 5.86. The van der Waals surface area contributed by atoms with E-state index in [1.54, 1.807) is 7.11 Å². The fourth-order valence-electron chi connectivity index (χ4n) is 5.68. The molecule has 1 aromatic rings. The molecule has 0 saturated carbocycles. The van der Waals surface area contributed by atoms with Crippen LogP contribution >= 0.6 is 0 Å². The Morgan fingerprint density at radius 1 is 1.18 bits per heavy atom. The van der Waals surface area contributed by atoms with E-state index in [4.69, 9.17) is 18.9 Å². The summed E-state index contributed by atoms with van der Waals surface area (Å²) in [5.41, 5.74) is 2.12. The summed E-state index contributed by atoms with van der Waals surface area (Å²) < 4.78 is 23.1. The number of ether oxygens (including phenoxy) is 4. The highest BCUT2D eigenvalue weighted by Gasteiger charge is 2.53. The lowest BCUT2D eigenvalue weighted by atomic mass is 9.69. The van der Waals surface area contributed by atoms with E-state index in [1.807, 2.05) is 39.8 Å². The predicted octanol–water partition coefficient (Wildman–Crippen LogP) is 3.52. The Hall–Kier alpha value is -3.07. The predicted molar refractivity (Wildman–Crippen MR) is 145 cm³/mol. The van der Waals surface area contributed by atoms with Crippen LogP contribution in [0.15, 0.2) is 24.3 Å². The number of methoxy groups -OCH3 is 1. The standard InChI is InChI=1S/C30H42N2O7/c1-18(2)17-37-29(35)27(19(3)4)31-24(33)9-10-25(34)38-21-11-12-30-13-14-32(5)16-20-7-8-22(36-6)28(26(20)30)39-23(30)15-21/h7-8,11-12,18-19,21,23,27H,9-10,13-17H2,1-6H3,(H,31,33)/t21-,23?,27-,30-/m0/s1. The van der Waals surface area contributed by atoms with Crippen molar-refractivity contribution in [2.24, 2.45) is 11.8 Å². The van der Waals surface area contributed by atoms with Crippen molar-refractivity contribution in [1.82, 2.24) is 10.2 Å². The van der Waals surface area contributed by atoms with Crippen LogP contribution in [-0.2, 0) is 35.8 Å². The lowest BCUT2D eigenvalue weighted by Crippen LogP contribution is -2.45. The van der Waals surface area contributed by atoms with Gasteiger partial charge in [-0.25, -0.2) is 4.79 Å². The third-order valence-electron chi connectivity index (χ3n) is 7.77. The molecule has 9 nitrogen and oxygen atoms in total. The Kier molecular flexibility index (Phi) is 8.89. The number of hydrogen-bond acceptors (Lipinski definition) is 8. The van der Waals surface area contributed by atoms with Gasteiger partial charge in [0.25, 0.3) is 0 Å². The highest BCUT2D eigenvalue weighted by Crippen LogP contribution is 2.55. The molecule has 9 heteroatoms. The van der Waals surface area contributed by atoms with Gasteiger partial charge in [0.1, 0.15) is 18.2 Å². The molecule has 0 saturated heterocycles. The van der Waals surface area contributed by atoms with Crippen molar-refractivity contribution in [3.8, 4) is 11.5 Å². The first-order valence-electron chi connectivity index (χ1n) is 13.9. The van der Waals surface area contributed by atoms with Crippen LogP contribution in [0.25, 0.3) is 0 Å². The van der Waals surface area contributed by atoms with Gasteiger partial charge in [0.2, 0.25) is 5.91 Å². The molecule has 0 fully saturated rings. The Bertz CT molecular complexity index is 1110. The molecule has 4 rings (SSSR count). The normalized spacial score (nSPS) is 24.3. The number of rotatable bonds is 10. The van der Waals surface area contributed by atoms with E-state index in [2.05, 4.69) is 29.4 Å². The summed E-state index contributed by atoms with van der Waals surface area (Å²) in [4.78, 5) is 39.9. The molecule has 1 amide bonds. The Morgan fingerprint density at radius 2 is 1.95 bits per heavy atom. The maximum atomic E-state index is 12.7. The smallest absolute Gasteiger partial charge is 0.328 e. The van der Waals surface area contributed by atoms with E-state index < -0.39 is 24.1 Å². The largest absolute Gasteiger partial charge is 0.493 e. The van der Waals surface area contributed by atoms with Gasteiger partial charge in [-0.05, 0) is 49.6 Å². The maximum Gasteiger partial charge on any atom is 0.328 e. The third-order valence-corrected chi connectivity index (χ3v) is 7.77. The van der Waals surface area contributed by atoms with Crippen LogP contribution in [-0.4, -0.2) is 68.3 Å². The fraction of sp³-hybridized carbons (Fsp3) is 0.633. The Balaban J connectivity index is 1.35. The second kappa shape index (κ2) is 12.0. The molecule has 4 atom stereocenters. The van der Waals surface area contributed by atoms with E-state index in [1.165, 1.54) is 11.1 Å². The first-order valence-corrected chi connectivity index (χ1v) is 13.9. The van der Waals surface area contributed by atoms with Crippen molar-refractivity contribution >= 4 is 17.8 Å². The van der Waals surface area contributed by atoms with Crippen LogP contribution in [0.1, 0.15) is 64.5 Å². The molecule has 2 aliphatic heterocycles. The quantitative estimate of drug-likeness (QED) is 0.354. The van der Waals surface area contributed by atoms with Gasteiger partial charge in [0, 0.05) is 24.9 Å². The minimum Gasteiger partial charge on any atom is -0.493 e. The summed E-state index contributed by atoms with van der Waals surface area (Å²) in [6.07, 6.45) is 4.75. The molecule has 1 N–H and O–H groups in total. The van der Waals surface area contributed by atoms with Crippen molar-refractivity contribution in [3.63, 3.8) is 0 Å². The summed E-state index contributed by atoms with van der Waals surface area (Å²) in [5, 5.41) is 2.71. The van der Waals surface area contributed by atoms with Gasteiger partial charge in [-0.3, -0.25) is 9.59 Å². The van der Waals surface area contributed by atoms with Crippen LogP contribution in [0.4, 0.5) is 0 Å². The van der Waals surface area contributed by atoms with Gasteiger partial charge in [-0.15, -0.1) is 0 Å². The zero-order valence-corrected chi connectivity index (χ0v) is 24.0. The average Bonchev–Trinajstić information content (AvgIpc) is 3.15. The monoisotopic (exact) mass is 542 g/mol. The molecule has 1 unspecified atom stereocenters. The number of carbonyl (C=O) groups is 3. The molecule has 0 bridgehead atoms. The van der Waals surface area contributed by atoms with Crippen LogP contribution < -0.4 is 14.8 Å². The van der Waals surface area contributed by atoms with Crippen molar-refractivity contribution in [2.45, 2.75) is 83.6 Å². The van der Waals surface area contributed by atoms with Crippen LogP contribution in [0.2, 0.25) is 0 Å². The van der Waals surface area contributed by atoms with Crippen LogP contribution in [0.3, 0.4) is 0 Å². The minimum atomic E-state index is -0.758. The number of amides is 1. The van der Waals surface area contributed by atoms with Crippen molar-refractivity contribution < 1.29 is 33.3 Å². The van der Waals surface area contributed by atoms with Crippen LogP contribution in [0.5, 0.6) is 11.5 Å². The van der Waals surface area contributed by atoms with Gasteiger partial charge in [0.15, 0.2) is 11.5 Å². The number of carbonyl (C=O) groups excluding carboxylic acids is 3. The number of hydrogen-bond donors (Lipinski definition) is 1. The van der Waals surface area contributed by atoms with E-state index in [9.17, 15) is 14.4 Å². The maximum absolute atomic E-state index is 12.7. The van der Waals surface area contributed by atoms with Crippen molar-refractivity contribution in [3.05, 3.63) is 35.4 Å².